The molecule has 3 aromatic rings. The first-order chi connectivity index (χ1) is 20.2. The SMILES string of the molecule is CCO/N=C(/C(C)=N/OCc1ccccc1C(=NOC)C(=O)OC)c1ccc(OCc2cccc(C(F)(F)F)c2)cc1. The van der Waals surface area contributed by atoms with Crippen molar-refractivity contribution in [2.75, 3.05) is 20.8 Å². The van der Waals surface area contributed by atoms with E-state index in [-0.39, 0.29) is 18.9 Å². The summed E-state index contributed by atoms with van der Waals surface area (Å²) >= 11 is 0. The van der Waals surface area contributed by atoms with Gasteiger partial charge in [0.05, 0.1) is 12.7 Å². The van der Waals surface area contributed by atoms with E-state index in [9.17, 15) is 18.0 Å². The number of oxime groups is 3. The highest BCUT2D eigenvalue weighted by Crippen LogP contribution is 2.29. The number of ether oxygens (including phenoxy) is 2. The number of carbonyl (C=O) groups is 1. The average molecular weight is 586 g/mol. The summed E-state index contributed by atoms with van der Waals surface area (Å²) in [6.07, 6.45) is -4.43. The molecule has 0 aliphatic heterocycles. The number of carbonyl (C=O) groups excluding carboxylic acids is 1. The summed E-state index contributed by atoms with van der Waals surface area (Å²) < 4.78 is 49.4. The standard InChI is InChI=1S/C30H30F3N3O6/c1-5-41-36-27(20(2)34-42-19-23-10-6-7-12-26(23)28(35-39-4)29(37)38-3)22-13-15-25(16-14-22)40-18-21-9-8-11-24(17-21)30(31,32)33/h6-17H,5,18-19H2,1-4H3/b34-20+,35-28?,36-27-. The third kappa shape index (κ3) is 8.82. The molecule has 3 aromatic carbocycles. The molecule has 222 valence electrons. The summed E-state index contributed by atoms with van der Waals surface area (Å²) in [6, 6.07) is 18.7. The van der Waals surface area contributed by atoms with Gasteiger partial charge in [-0.1, -0.05) is 51.9 Å². The van der Waals surface area contributed by atoms with Crippen LogP contribution in [0.15, 0.2) is 88.3 Å². The van der Waals surface area contributed by atoms with Crippen molar-refractivity contribution in [2.45, 2.75) is 33.2 Å². The maximum absolute atomic E-state index is 13.0. The summed E-state index contributed by atoms with van der Waals surface area (Å²) in [6.45, 7) is 3.75. The number of alkyl halides is 3. The lowest BCUT2D eigenvalue weighted by atomic mass is 10.0. The Morgan fingerprint density at radius 3 is 2.24 bits per heavy atom. The summed E-state index contributed by atoms with van der Waals surface area (Å²) in [7, 11) is 2.57. The first-order valence-electron chi connectivity index (χ1n) is 12.7. The molecule has 0 saturated heterocycles. The second kappa shape index (κ2) is 15.2. The molecule has 0 aliphatic rings. The largest absolute Gasteiger partial charge is 0.489 e. The Labute approximate surface area is 241 Å². The molecule has 0 bridgehead atoms. The van der Waals surface area contributed by atoms with Gasteiger partial charge in [0.1, 0.15) is 44.1 Å². The highest BCUT2D eigenvalue weighted by Gasteiger charge is 2.30. The number of halogens is 3. The zero-order valence-electron chi connectivity index (χ0n) is 23.5. The van der Waals surface area contributed by atoms with Crippen LogP contribution in [-0.2, 0) is 43.4 Å². The topological polar surface area (TPSA) is 100 Å². The van der Waals surface area contributed by atoms with E-state index in [0.717, 1.165) is 12.1 Å². The highest BCUT2D eigenvalue weighted by molar-refractivity contribution is 6.47. The Hall–Kier alpha value is -4.87. The third-order valence-corrected chi connectivity index (χ3v) is 5.67. The maximum atomic E-state index is 13.0. The minimum Gasteiger partial charge on any atom is -0.489 e. The van der Waals surface area contributed by atoms with E-state index in [4.69, 9.17) is 24.0 Å². The number of benzene rings is 3. The molecule has 0 aliphatic carbocycles. The van der Waals surface area contributed by atoms with E-state index in [1.165, 1.54) is 20.3 Å². The van der Waals surface area contributed by atoms with Crippen LogP contribution >= 0.6 is 0 Å². The van der Waals surface area contributed by atoms with E-state index in [1.807, 2.05) is 0 Å². The minimum atomic E-state index is -4.43. The summed E-state index contributed by atoms with van der Waals surface area (Å²) in [5, 5.41) is 12.1. The van der Waals surface area contributed by atoms with Crippen LogP contribution in [0.2, 0.25) is 0 Å². The fourth-order valence-corrected chi connectivity index (χ4v) is 3.67. The van der Waals surface area contributed by atoms with Crippen molar-refractivity contribution in [3.8, 4) is 5.75 Å². The van der Waals surface area contributed by atoms with Gasteiger partial charge in [-0.05, 0) is 55.8 Å². The van der Waals surface area contributed by atoms with Gasteiger partial charge in [-0.3, -0.25) is 0 Å². The minimum absolute atomic E-state index is 0.00251. The van der Waals surface area contributed by atoms with Crippen LogP contribution in [0.3, 0.4) is 0 Å². The normalized spacial score (nSPS) is 12.5. The van der Waals surface area contributed by atoms with Gasteiger partial charge in [0.25, 0.3) is 0 Å². The molecular formula is C30H30F3N3O6. The van der Waals surface area contributed by atoms with Gasteiger partial charge in [0, 0.05) is 16.7 Å². The van der Waals surface area contributed by atoms with E-state index >= 15 is 0 Å². The number of rotatable bonds is 13. The first kappa shape index (κ1) is 31.7. The van der Waals surface area contributed by atoms with E-state index in [1.54, 1.807) is 68.4 Å². The molecule has 3 rings (SSSR count). The fraction of sp³-hybridized carbons (Fsp3) is 0.267. The number of hydrogen-bond acceptors (Lipinski definition) is 9. The average Bonchev–Trinajstić information content (AvgIpc) is 2.99. The summed E-state index contributed by atoms with van der Waals surface area (Å²) in [5.41, 5.74) is 2.14. The van der Waals surface area contributed by atoms with Gasteiger partial charge in [-0.15, -0.1) is 0 Å². The zero-order chi connectivity index (χ0) is 30.5. The highest BCUT2D eigenvalue weighted by atomic mass is 19.4. The lowest BCUT2D eigenvalue weighted by Gasteiger charge is -2.11. The number of esters is 1. The van der Waals surface area contributed by atoms with E-state index in [0.29, 0.717) is 46.0 Å². The molecule has 0 N–H and O–H groups in total. The van der Waals surface area contributed by atoms with Gasteiger partial charge in [0.15, 0.2) is 5.71 Å². The molecule has 0 saturated carbocycles. The van der Waals surface area contributed by atoms with Crippen LogP contribution in [0.5, 0.6) is 5.75 Å². The Balaban J connectivity index is 1.73. The molecule has 12 heteroatoms. The predicted octanol–water partition coefficient (Wildman–Crippen LogP) is 6.14. The molecule has 0 radical (unpaired) electrons. The second-order valence-corrected chi connectivity index (χ2v) is 8.59. The fourth-order valence-electron chi connectivity index (χ4n) is 3.67. The Bertz CT molecular complexity index is 1440. The first-order valence-corrected chi connectivity index (χ1v) is 12.7. The van der Waals surface area contributed by atoms with Crippen LogP contribution in [0.4, 0.5) is 13.2 Å². The van der Waals surface area contributed by atoms with Crippen LogP contribution < -0.4 is 4.74 Å². The predicted molar refractivity (Wildman–Crippen MR) is 150 cm³/mol. The molecule has 0 amide bonds. The summed E-state index contributed by atoms with van der Waals surface area (Å²) in [5.74, 6) is -0.217. The lowest BCUT2D eigenvalue weighted by Crippen LogP contribution is -2.19. The van der Waals surface area contributed by atoms with Crippen molar-refractivity contribution < 1.29 is 42.0 Å². The van der Waals surface area contributed by atoms with Crippen molar-refractivity contribution in [1.29, 1.82) is 0 Å². The molecular weight excluding hydrogens is 555 g/mol. The molecule has 9 nitrogen and oxygen atoms in total. The van der Waals surface area contributed by atoms with Crippen molar-refractivity contribution in [3.63, 3.8) is 0 Å². The van der Waals surface area contributed by atoms with Crippen molar-refractivity contribution >= 4 is 23.1 Å². The molecule has 0 atom stereocenters. The van der Waals surface area contributed by atoms with E-state index < -0.39 is 17.7 Å². The molecule has 0 aromatic heterocycles. The third-order valence-electron chi connectivity index (χ3n) is 5.67. The lowest BCUT2D eigenvalue weighted by molar-refractivity contribution is -0.137. The van der Waals surface area contributed by atoms with Gasteiger partial charge in [0.2, 0.25) is 0 Å². The van der Waals surface area contributed by atoms with Crippen molar-refractivity contribution in [1.82, 2.24) is 0 Å². The van der Waals surface area contributed by atoms with Gasteiger partial charge < -0.3 is 24.0 Å². The number of hydrogen-bond donors (Lipinski definition) is 0. The van der Waals surface area contributed by atoms with Crippen LogP contribution in [0, 0.1) is 0 Å². The number of nitrogens with zero attached hydrogens (tertiary/aromatic N) is 3. The zero-order valence-corrected chi connectivity index (χ0v) is 23.5. The summed E-state index contributed by atoms with van der Waals surface area (Å²) in [4.78, 5) is 27.9. The van der Waals surface area contributed by atoms with Gasteiger partial charge in [-0.2, -0.15) is 13.2 Å². The molecule has 0 heterocycles. The van der Waals surface area contributed by atoms with E-state index in [2.05, 4.69) is 15.5 Å². The Kier molecular flexibility index (Phi) is 11.5. The van der Waals surface area contributed by atoms with Crippen LogP contribution in [0.1, 0.15) is 41.7 Å². The smallest absolute Gasteiger partial charge is 0.416 e. The van der Waals surface area contributed by atoms with Gasteiger partial charge in [-0.25, -0.2) is 4.79 Å². The quantitative estimate of drug-likeness (QED) is 0.136. The second-order valence-electron chi connectivity index (χ2n) is 8.59. The maximum Gasteiger partial charge on any atom is 0.416 e. The van der Waals surface area contributed by atoms with Crippen molar-refractivity contribution in [3.05, 3.63) is 101 Å². The Morgan fingerprint density at radius 2 is 1.57 bits per heavy atom. The number of methoxy groups -OCH3 is 1. The molecule has 42 heavy (non-hydrogen) atoms. The van der Waals surface area contributed by atoms with Crippen molar-refractivity contribution in [2.24, 2.45) is 15.5 Å². The van der Waals surface area contributed by atoms with Crippen LogP contribution in [0.25, 0.3) is 0 Å². The molecule has 0 fully saturated rings. The van der Waals surface area contributed by atoms with Crippen LogP contribution in [-0.4, -0.2) is 43.9 Å². The van der Waals surface area contributed by atoms with Gasteiger partial charge >= 0.3 is 12.1 Å². The molecule has 0 spiro atoms. The Morgan fingerprint density at radius 1 is 0.833 bits per heavy atom. The monoisotopic (exact) mass is 585 g/mol. The molecule has 0 unspecified atom stereocenters.